The fraction of sp³-hybridized carbons (Fsp3) is 0.154. The van der Waals surface area contributed by atoms with Crippen LogP contribution in [0.15, 0.2) is 36.5 Å². The number of anilines is 2. The van der Waals surface area contributed by atoms with Crippen molar-refractivity contribution in [2.24, 2.45) is 0 Å². The maximum absolute atomic E-state index is 13.3. The number of pyridine rings is 1. The monoisotopic (exact) mass is 268 g/mol. The number of halogens is 4. The summed E-state index contributed by atoms with van der Waals surface area (Å²) in [6, 6.07) is 6.11. The number of alkyl halides is 3. The summed E-state index contributed by atoms with van der Waals surface area (Å²) in [6.45, 7) is 0. The van der Waals surface area contributed by atoms with Gasteiger partial charge in [-0.25, -0.2) is 9.37 Å². The zero-order valence-electron chi connectivity index (χ0n) is 9.50. The van der Waals surface area contributed by atoms with Crippen LogP contribution in [0.3, 0.4) is 0 Å². The third kappa shape index (κ3) is 1.93. The quantitative estimate of drug-likeness (QED) is 0.731. The Bertz CT molecular complexity index is 637. The molecule has 0 aliphatic carbocycles. The SMILES string of the molecule is Fc1ccc2c(c1)C(C(F)(F)F)c1cccnc1N2. The van der Waals surface area contributed by atoms with Crippen molar-refractivity contribution in [2.45, 2.75) is 12.1 Å². The predicted octanol–water partition coefficient (Wildman–Crippen LogP) is 3.97. The summed E-state index contributed by atoms with van der Waals surface area (Å²) >= 11 is 0. The molecular formula is C13H8F4N2. The van der Waals surface area contributed by atoms with Crippen LogP contribution in [-0.4, -0.2) is 11.2 Å². The van der Waals surface area contributed by atoms with Crippen LogP contribution in [0.5, 0.6) is 0 Å². The molecule has 2 heterocycles. The summed E-state index contributed by atoms with van der Waals surface area (Å²) in [5, 5.41) is 2.79. The molecule has 1 aliphatic rings. The summed E-state index contributed by atoms with van der Waals surface area (Å²) in [7, 11) is 0. The number of hydrogen-bond acceptors (Lipinski definition) is 2. The van der Waals surface area contributed by atoms with E-state index in [0.29, 0.717) is 0 Å². The molecule has 6 heteroatoms. The molecule has 98 valence electrons. The van der Waals surface area contributed by atoms with Gasteiger partial charge in [-0.2, -0.15) is 13.2 Å². The first-order chi connectivity index (χ1) is 8.97. The highest BCUT2D eigenvalue weighted by atomic mass is 19.4. The molecule has 1 aliphatic heterocycles. The normalized spacial score (nSPS) is 17.4. The summed E-state index contributed by atoms with van der Waals surface area (Å²) in [4.78, 5) is 3.90. The van der Waals surface area contributed by atoms with Gasteiger partial charge in [-0.1, -0.05) is 6.07 Å². The molecular weight excluding hydrogens is 260 g/mol. The fourth-order valence-corrected chi connectivity index (χ4v) is 2.29. The molecule has 1 N–H and O–H groups in total. The van der Waals surface area contributed by atoms with E-state index in [0.717, 1.165) is 12.1 Å². The number of rotatable bonds is 0. The Balaban J connectivity index is 2.25. The predicted molar refractivity (Wildman–Crippen MR) is 61.8 cm³/mol. The molecule has 1 aromatic heterocycles. The highest BCUT2D eigenvalue weighted by Gasteiger charge is 2.46. The van der Waals surface area contributed by atoms with Crippen molar-refractivity contribution in [1.29, 1.82) is 0 Å². The molecule has 19 heavy (non-hydrogen) atoms. The smallest absolute Gasteiger partial charge is 0.340 e. The molecule has 2 nitrogen and oxygen atoms in total. The van der Waals surface area contributed by atoms with E-state index < -0.39 is 17.9 Å². The zero-order chi connectivity index (χ0) is 13.6. The number of benzene rings is 1. The van der Waals surface area contributed by atoms with Crippen LogP contribution in [0.4, 0.5) is 29.1 Å². The van der Waals surface area contributed by atoms with E-state index in [-0.39, 0.29) is 22.6 Å². The largest absolute Gasteiger partial charge is 0.399 e. The van der Waals surface area contributed by atoms with Gasteiger partial charge in [-0.05, 0) is 29.8 Å². The van der Waals surface area contributed by atoms with Gasteiger partial charge in [0.2, 0.25) is 0 Å². The van der Waals surface area contributed by atoms with E-state index in [1.54, 1.807) is 0 Å². The molecule has 0 radical (unpaired) electrons. The number of nitrogens with zero attached hydrogens (tertiary/aromatic N) is 1. The number of aromatic nitrogens is 1. The minimum absolute atomic E-state index is 0.00750. The Morgan fingerprint density at radius 3 is 2.63 bits per heavy atom. The lowest BCUT2D eigenvalue weighted by molar-refractivity contribution is -0.141. The molecule has 2 aromatic rings. The van der Waals surface area contributed by atoms with Gasteiger partial charge in [0.1, 0.15) is 17.6 Å². The van der Waals surface area contributed by atoms with Gasteiger partial charge in [-0.3, -0.25) is 0 Å². The summed E-state index contributed by atoms with van der Waals surface area (Å²) < 4.78 is 53.0. The van der Waals surface area contributed by atoms with Crippen molar-refractivity contribution in [3.05, 3.63) is 53.5 Å². The lowest BCUT2D eigenvalue weighted by Crippen LogP contribution is -2.27. The maximum Gasteiger partial charge on any atom is 0.399 e. The molecule has 0 bridgehead atoms. The average molecular weight is 268 g/mol. The number of hydrogen-bond donors (Lipinski definition) is 1. The van der Waals surface area contributed by atoms with E-state index in [1.807, 2.05) is 0 Å². The van der Waals surface area contributed by atoms with Gasteiger partial charge in [-0.15, -0.1) is 0 Å². The molecule has 1 aromatic carbocycles. The minimum Gasteiger partial charge on any atom is -0.340 e. The Hall–Kier alpha value is -2.11. The lowest BCUT2D eigenvalue weighted by atomic mass is 9.87. The van der Waals surface area contributed by atoms with Gasteiger partial charge >= 0.3 is 6.18 Å². The average Bonchev–Trinajstić information content (AvgIpc) is 2.34. The van der Waals surface area contributed by atoms with Crippen LogP contribution in [0, 0.1) is 5.82 Å². The standard InChI is InChI=1S/C13H8F4N2/c14-7-3-4-10-9(6-7)11(13(15,16)17)8-2-1-5-18-12(8)19-10/h1-6,11H,(H,18,19). The minimum atomic E-state index is -4.50. The van der Waals surface area contributed by atoms with Crippen LogP contribution < -0.4 is 5.32 Å². The Morgan fingerprint density at radius 2 is 1.89 bits per heavy atom. The molecule has 0 amide bonds. The zero-order valence-corrected chi connectivity index (χ0v) is 9.50. The summed E-state index contributed by atoms with van der Waals surface area (Å²) in [5.74, 6) is -2.39. The van der Waals surface area contributed by atoms with E-state index in [4.69, 9.17) is 0 Å². The van der Waals surface area contributed by atoms with Crippen LogP contribution >= 0.6 is 0 Å². The van der Waals surface area contributed by atoms with Gasteiger partial charge in [0.25, 0.3) is 0 Å². The molecule has 0 fully saturated rings. The number of nitrogens with one attached hydrogen (secondary N) is 1. The van der Waals surface area contributed by atoms with E-state index in [2.05, 4.69) is 10.3 Å². The topological polar surface area (TPSA) is 24.9 Å². The second kappa shape index (κ2) is 3.94. The first-order valence-electron chi connectivity index (χ1n) is 5.55. The number of fused-ring (bicyclic) bond motifs is 2. The summed E-state index contributed by atoms with van der Waals surface area (Å²) in [5.41, 5.74) is 0.121. The van der Waals surface area contributed by atoms with Crippen molar-refractivity contribution in [3.8, 4) is 0 Å². The van der Waals surface area contributed by atoms with Crippen LogP contribution in [0.2, 0.25) is 0 Å². The van der Waals surface area contributed by atoms with Gasteiger partial charge in [0, 0.05) is 17.4 Å². The fourth-order valence-electron chi connectivity index (χ4n) is 2.29. The van der Waals surface area contributed by atoms with Crippen LogP contribution in [-0.2, 0) is 0 Å². The third-order valence-electron chi connectivity index (χ3n) is 3.05. The van der Waals surface area contributed by atoms with Gasteiger partial charge in [0.05, 0.1) is 0 Å². The highest BCUT2D eigenvalue weighted by Crippen LogP contribution is 2.48. The van der Waals surface area contributed by atoms with Crippen molar-refractivity contribution in [2.75, 3.05) is 5.32 Å². The Labute approximate surface area is 106 Å². The molecule has 3 rings (SSSR count). The molecule has 1 unspecified atom stereocenters. The molecule has 0 spiro atoms. The lowest BCUT2D eigenvalue weighted by Gasteiger charge is -2.29. The second-order valence-electron chi connectivity index (χ2n) is 4.27. The summed E-state index contributed by atoms with van der Waals surface area (Å²) in [6.07, 6.45) is -3.09. The Kier molecular flexibility index (Phi) is 2.48. The van der Waals surface area contributed by atoms with Crippen molar-refractivity contribution in [1.82, 2.24) is 4.98 Å². The van der Waals surface area contributed by atoms with E-state index in [9.17, 15) is 17.6 Å². The van der Waals surface area contributed by atoms with Crippen molar-refractivity contribution < 1.29 is 17.6 Å². The van der Waals surface area contributed by atoms with Gasteiger partial charge in [0.15, 0.2) is 0 Å². The van der Waals surface area contributed by atoms with E-state index >= 15 is 0 Å². The molecule has 1 atom stereocenters. The molecule has 0 saturated carbocycles. The van der Waals surface area contributed by atoms with Crippen molar-refractivity contribution >= 4 is 11.5 Å². The van der Waals surface area contributed by atoms with E-state index in [1.165, 1.54) is 24.4 Å². The first kappa shape index (κ1) is 12.0. The van der Waals surface area contributed by atoms with Crippen molar-refractivity contribution in [3.63, 3.8) is 0 Å². The van der Waals surface area contributed by atoms with Gasteiger partial charge < -0.3 is 5.32 Å². The molecule has 0 saturated heterocycles. The second-order valence-corrected chi connectivity index (χ2v) is 4.27. The first-order valence-corrected chi connectivity index (χ1v) is 5.55. The third-order valence-corrected chi connectivity index (χ3v) is 3.05. The van der Waals surface area contributed by atoms with Crippen LogP contribution in [0.1, 0.15) is 17.0 Å². The highest BCUT2D eigenvalue weighted by molar-refractivity contribution is 5.71. The van der Waals surface area contributed by atoms with Crippen LogP contribution in [0.25, 0.3) is 0 Å². The Morgan fingerprint density at radius 1 is 1.11 bits per heavy atom. The maximum atomic E-state index is 13.3.